The summed E-state index contributed by atoms with van der Waals surface area (Å²) in [6.07, 6.45) is 5.94. The van der Waals surface area contributed by atoms with Crippen LogP contribution < -0.4 is 10.2 Å². The monoisotopic (exact) mass is 435 g/mol. The van der Waals surface area contributed by atoms with Gasteiger partial charge < -0.3 is 20.0 Å². The average molecular weight is 436 g/mol. The number of aromatic nitrogens is 1. The van der Waals surface area contributed by atoms with Gasteiger partial charge in [0, 0.05) is 52.0 Å². The Hall–Kier alpha value is -3.09. The molecule has 3 amide bonds. The number of benzene rings is 1. The molecule has 0 bridgehead atoms. The second kappa shape index (κ2) is 10.5. The minimum absolute atomic E-state index is 0.0769. The molecule has 4 rings (SSSR count). The van der Waals surface area contributed by atoms with Gasteiger partial charge in [-0.15, -0.1) is 0 Å². The van der Waals surface area contributed by atoms with Crippen molar-refractivity contribution < 1.29 is 9.59 Å². The SMILES string of the molecule is Cc1ccc(CC(=O)N2CCN(C(=O)NCc3ccnc(N4CCCCC4)c3)CC2)cc1. The first-order chi connectivity index (χ1) is 15.6. The zero-order valence-electron chi connectivity index (χ0n) is 18.9. The van der Waals surface area contributed by atoms with E-state index >= 15 is 0 Å². The smallest absolute Gasteiger partial charge is 0.317 e. The van der Waals surface area contributed by atoms with Crippen molar-refractivity contribution in [1.82, 2.24) is 20.1 Å². The highest BCUT2D eigenvalue weighted by Gasteiger charge is 2.24. The molecule has 3 heterocycles. The molecule has 7 heteroatoms. The number of carbonyl (C=O) groups excluding carboxylic acids is 2. The Bertz CT molecular complexity index is 916. The number of pyridine rings is 1. The molecular weight excluding hydrogens is 402 g/mol. The number of nitrogens with one attached hydrogen (secondary N) is 1. The van der Waals surface area contributed by atoms with E-state index in [9.17, 15) is 9.59 Å². The number of piperazine rings is 1. The number of rotatable bonds is 5. The summed E-state index contributed by atoms with van der Waals surface area (Å²) in [7, 11) is 0. The van der Waals surface area contributed by atoms with Gasteiger partial charge in [-0.05, 0) is 49.4 Å². The molecule has 2 fully saturated rings. The van der Waals surface area contributed by atoms with Crippen molar-refractivity contribution in [2.24, 2.45) is 0 Å². The van der Waals surface area contributed by atoms with Crippen LogP contribution in [0, 0.1) is 6.92 Å². The molecule has 2 aliphatic rings. The maximum atomic E-state index is 12.6. The zero-order valence-corrected chi connectivity index (χ0v) is 18.9. The van der Waals surface area contributed by atoms with Gasteiger partial charge in [-0.25, -0.2) is 9.78 Å². The molecule has 0 spiro atoms. The maximum Gasteiger partial charge on any atom is 0.317 e. The molecule has 0 radical (unpaired) electrons. The molecular formula is C25H33N5O2. The first-order valence-corrected chi connectivity index (χ1v) is 11.6. The predicted octanol–water partition coefficient (Wildman–Crippen LogP) is 2.98. The summed E-state index contributed by atoms with van der Waals surface area (Å²) >= 11 is 0. The minimum atomic E-state index is -0.0769. The van der Waals surface area contributed by atoms with E-state index in [4.69, 9.17) is 0 Å². The predicted molar refractivity (Wildman–Crippen MR) is 126 cm³/mol. The Morgan fingerprint density at radius 1 is 0.875 bits per heavy atom. The lowest BCUT2D eigenvalue weighted by Crippen LogP contribution is -2.53. The van der Waals surface area contributed by atoms with E-state index in [1.165, 1.54) is 24.8 Å². The summed E-state index contributed by atoms with van der Waals surface area (Å²) < 4.78 is 0. The van der Waals surface area contributed by atoms with Crippen LogP contribution in [0.1, 0.15) is 36.0 Å². The molecule has 0 atom stereocenters. The molecule has 1 N–H and O–H groups in total. The third kappa shape index (κ3) is 5.78. The summed E-state index contributed by atoms with van der Waals surface area (Å²) in [5, 5.41) is 3.03. The van der Waals surface area contributed by atoms with E-state index < -0.39 is 0 Å². The topological polar surface area (TPSA) is 68.8 Å². The number of anilines is 1. The summed E-state index contributed by atoms with van der Waals surface area (Å²) in [5.74, 6) is 1.12. The van der Waals surface area contributed by atoms with Crippen LogP contribution in [-0.2, 0) is 17.8 Å². The highest BCUT2D eigenvalue weighted by atomic mass is 16.2. The van der Waals surface area contributed by atoms with E-state index in [1.807, 2.05) is 48.4 Å². The Balaban J connectivity index is 1.22. The fraction of sp³-hybridized carbons (Fsp3) is 0.480. The Morgan fingerprint density at radius 2 is 1.56 bits per heavy atom. The molecule has 0 saturated carbocycles. The maximum absolute atomic E-state index is 12.6. The van der Waals surface area contributed by atoms with E-state index in [2.05, 4.69) is 21.3 Å². The van der Waals surface area contributed by atoms with Crippen LogP contribution in [0.5, 0.6) is 0 Å². The number of hydrogen-bond acceptors (Lipinski definition) is 4. The van der Waals surface area contributed by atoms with Crippen molar-refractivity contribution in [3.8, 4) is 0 Å². The Kier molecular flexibility index (Phi) is 7.24. The van der Waals surface area contributed by atoms with Gasteiger partial charge in [-0.3, -0.25) is 4.79 Å². The summed E-state index contributed by atoms with van der Waals surface area (Å²) in [6.45, 7) is 6.89. The number of carbonyl (C=O) groups is 2. The van der Waals surface area contributed by atoms with Crippen molar-refractivity contribution in [2.45, 2.75) is 39.2 Å². The third-order valence-corrected chi connectivity index (χ3v) is 6.33. The van der Waals surface area contributed by atoms with Gasteiger partial charge in [0.2, 0.25) is 5.91 Å². The van der Waals surface area contributed by atoms with Crippen LogP contribution in [0.2, 0.25) is 0 Å². The quantitative estimate of drug-likeness (QED) is 0.784. The van der Waals surface area contributed by atoms with Gasteiger partial charge >= 0.3 is 6.03 Å². The first-order valence-electron chi connectivity index (χ1n) is 11.6. The second-order valence-corrected chi connectivity index (χ2v) is 8.76. The zero-order chi connectivity index (χ0) is 22.3. The van der Waals surface area contributed by atoms with Gasteiger partial charge in [-0.1, -0.05) is 29.8 Å². The van der Waals surface area contributed by atoms with E-state index in [-0.39, 0.29) is 11.9 Å². The largest absolute Gasteiger partial charge is 0.357 e. The average Bonchev–Trinajstić information content (AvgIpc) is 2.85. The number of piperidine rings is 1. The van der Waals surface area contributed by atoms with Crippen LogP contribution in [0.25, 0.3) is 0 Å². The van der Waals surface area contributed by atoms with Crippen molar-refractivity contribution in [3.63, 3.8) is 0 Å². The van der Waals surface area contributed by atoms with Crippen LogP contribution in [0.3, 0.4) is 0 Å². The lowest BCUT2D eigenvalue weighted by molar-refractivity contribution is -0.131. The normalized spacial score (nSPS) is 16.7. The molecule has 0 unspecified atom stereocenters. The lowest BCUT2D eigenvalue weighted by Gasteiger charge is -2.34. The molecule has 32 heavy (non-hydrogen) atoms. The van der Waals surface area contributed by atoms with Crippen molar-refractivity contribution in [1.29, 1.82) is 0 Å². The molecule has 170 valence electrons. The third-order valence-electron chi connectivity index (χ3n) is 6.33. The number of aryl methyl sites for hydroxylation is 1. The fourth-order valence-electron chi connectivity index (χ4n) is 4.31. The molecule has 2 aliphatic heterocycles. The van der Waals surface area contributed by atoms with Gasteiger partial charge in [0.15, 0.2) is 0 Å². The van der Waals surface area contributed by atoms with Crippen LogP contribution in [-0.4, -0.2) is 66.0 Å². The Morgan fingerprint density at radius 3 is 2.28 bits per heavy atom. The number of amides is 3. The molecule has 7 nitrogen and oxygen atoms in total. The van der Waals surface area contributed by atoms with E-state index in [0.29, 0.717) is 39.1 Å². The molecule has 2 aromatic rings. The van der Waals surface area contributed by atoms with Crippen LogP contribution in [0.4, 0.5) is 10.6 Å². The second-order valence-electron chi connectivity index (χ2n) is 8.76. The van der Waals surface area contributed by atoms with Gasteiger partial charge in [0.1, 0.15) is 5.82 Å². The van der Waals surface area contributed by atoms with Gasteiger partial charge in [0.25, 0.3) is 0 Å². The summed E-state index contributed by atoms with van der Waals surface area (Å²) in [4.78, 5) is 35.7. The molecule has 2 saturated heterocycles. The lowest BCUT2D eigenvalue weighted by atomic mass is 10.1. The number of urea groups is 1. The standard InChI is InChI=1S/C25H33N5O2/c1-20-5-7-21(8-6-20)18-24(31)29-13-15-30(16-14-29)25(32)27-19-22-9-10-26-23(17-22)28-11-3-2-4-12-28/h5-10,17H,2-4,11-16,18-19H2,1H3,(H,27,32). The summed E-state index contributed by atoms with van der Waals surface area (Å²) in [5.41, 5.74) is 3.28. The minimum Gasteiger partial charge on any atom is -0.357 e. The molecule has 1 aromatic carbocycles. The highest BCUT2D eigenvalue weighted by Crippen LogP contribution is 2.18. The van der Waals surface area contributed by atoms with Crippen molar-refractivity contribution >= 4 is 17.8 Å². The van der Waals surface area contributed by atoms with E-state index in [1.54, 1.807) is 4.90 Å². The van der Waals surface area contributed by atoms with Gasteiger partial charge in [0.05, 0.1) is 6.42 Å². The van der Waals surface area contributed by atoms with Crippen LogP contribution >= 0.6 is 0 Å². The Labute approximate surface area is 190 Å². The van der Waals surface area contributed by atoms with E-state index in [0.717, 1.165) is 30.0 Å². The first kappa shape index (κ1) is 22.1. The summed E-state index contributed by atoms with van der Waals surface area (Å²) in [6, 6.07) is 12.0. The fourth-order valence-corrected chi connectivity index (χ4v) is 4.31. The highest BCUT2D eigenvalue weighted by molar-refractivity contribution is 5.79. The molecule has 1 aromatic heterocycles. The van der Waals surface area contributed by atoms with Gasteiger partial charge in [-0.2, -0.15) is 0 Å². The number of hydrogen-bond donors (Lipinski definition) is 1. The number of nitrogens with zero attached hydrogens (tertiary/aromatic N) is 4. The van der Waals surface area contributed by atoms with Crippen molar-refractivity contribution in [3.05, 3.63) is 59.3 Å². The van der Waals surface area contributed by atoms with Crippen LogP contribution in [0.15, 0.2) is 42.6 Å². The van der Waals surface area contributed by atoms with Crippen molar-refractivity contribution in [2.75, 3.05) is 44.2 Å². The molecule has 0 aliphatic carbocycles.